The molecule has 4 rings (SSSR count). The molecule has 2 saturated heterocycles. The van der Waals surface area contributed by atoms with Gasteiger partial charge in [-0.25, -0.2) is 0 Å². The van der Waals surface area contributed by atoms with Crippen LogP contribution >= 0.6 is 0 Å². The highest BCUT2D eigenvalue weighted by atomic mass is 16.5. The van der Waals surface area contributed by atoms with E-state index in [-0.39, 0.29) is 24.1 Å². The Morgan fingerprint density at radius 3 is 2.67 bits per heavy atom. The molecule has 1 amide bonds. The summed E-state index contributed by atoms with van der Waals surface area (Å²) in [7, 11) is 3.72. The van der Waals surface area contributed by atoms with E-state index in [9.17, 15) is 4.79 Å². The van der Waals surface area contributed by atoms with Crippen molar-refractivity contribution in [3.8, 4) is 0 Å². The summed E-state index contributed by atoms with van der Waals surface area (Å²) in [5.41, 5.74) is 3.36. The van der Waals surface area contributed by atoms with E-state index in [0.717, 1.165) is 37.3 Å². The third-order valence-electron chi connectivity index (χ3n) is 5.90. The number of amides is 1. The van der Waals surface area contributed by atoms with Gasteiger partial charge in [0.25, 0.3) is 0 Å². The molecule has 0 aliphatic carbocycles. The van der Waals surface area contributed by atoms with Crippen molar-refractivity contribution in [2.24, 2.45) is 7.05 Å². The first-order valence-electron chi connectivity index (χ1n) is 9.66. The molecule has 0 spiro atoms. The average Bonchev–Trinajstić information content (AvgIpc) is 3.22. The number of hydrogen-bond acceptors (Lipinski definition) is 4. The second-order valence-corrected chi connectivity index (χ2v) is 7.77. The van der Waals surface area contributed by atoms with Crippen LogP contribution in [0.1, 0.15) is 23.4 Å². The monoisotopic (exact) mass is 368 g/mol. The molecule has 0 unspecified atom stereocenters. The van der Waals surface area contributed by atoms with Crippen LogP contribution in [0.5, 0.6) is 0 Å². The zero-order chi connectivity index (χ0) is 19.0. The molecule has 6 nitrogen and oxygen atoms in total. The van der Waals surface area contributed by atoms with E-state index in [2.05, 4.69) is 28.2 Å². The number of fused-ring (bicyclic) bond motifs is 1. The number of benzene rings is 1. The van der Waals surface area contributed by atoms with E-state index in [0.29, 0.717) is 6.54 Å². The van der Waals surface area contributed by atoms with Crippen LogP contribution in [0.4, 0.5) is 0 Å². The van der Waals surface area contributed by atoms with Crippen molar-refractivity contribution in [3.05, 3.63) is 53.3 Å². The first kappa shape index (κ1) is 18.2. The van der Waals surface area contributed by atoms with Gasteiger partial charge in [0, 0.05) is 39.8 Å². The smallest absolute Gasteiger partial charge is 0.240 e. The van der Waals surface area contributed by atoms with Crippen LogP contribution in [-0.2, 0) is 29.5 Å². The number of ether oxygens (including phenoxy) is 1. The number of nitrogens with zero attached hydrogens (tertiary/aromatic N) is 4. The largest absolute Gasteiger partial charge is 0.380 e. The molecule has 2 aliphatic rings. The minimum Gasteiger partial charge on any atom is -0.380 e. The van der Waals surface area contributed by atoms with Gasteiger partial charge in [-0.05, 0) is 31.4 Å². The lowest BCUT2D eigenvalue weighted by Crippen LogP contribution is -2.60. The quantitative estimate of drug-likeness (QED) is 0.807. The Balaban J connectivity index is 1.60. The van der Waals surface area contributed by atoms with Crippen LogP contribution < -0.4 is 0 Å². The fourth-order valence-electron chi connectivity index (χ4n) is 4.48. The summed E-state index contributed by atoms with van der Waals surface area (Å²) >= 11 is 0. The van der Waals surface area contributed by atoms with Crippen LogP contribution in [-0.4, -0.2) is 63.9 Å². The first-order valence-corrected chi connectivity index (χ1v) is 9.66. The van der Waals surface area contributed by atoms with Crippen LogP contribution in [0, 0.1) is 6.92 Å². The molecule has 6 heteroatoms. The number of aryl methyl sites for hydroxylation is 2. The summed E-state index contributed by atoms with van der Waals surface area (Å²) in [6.07, 6.45) is 1.80. The Kier molecular flexibility index (Phi) is 5.02. The predicted octanol–water partition coefficient (Wildman–Crippen LogP) is 1.77. The second kappa shape index (κ2) is 7.44. The summed E-state index contributed by atoms with van der Waals surface area (Å²) < 4.78 is 7.48. The first-order chi connectivity index (χ1) is 13.0. The third kappa shape index (κ3) is 3.64. The summed E-state index contributed by atoms with van der Waals surface area (Å²) in [5.74, 6) is 0.230. The van der Waals surface area contributed by atoms with Gasteiger partial charge in [0.2, 0.25) is 5.91 Å². The number of aromatic nitrogens is 2. The van der Waals surface area contributed by atoms with Gasteiger partial charge in [0.05, 0.1) is 23.5 Å². The molecule has 3 heterocycles. The minimum atomic E-state index is -0.144. The Labute approximate surface area is 160 Å². The molecule has 1 aromatic carbocycles. The van der Waals surface area contributed by atoms with Crippen LogP contribution in [0.3, 0.4) is 0 Å². The van der Waals surface area contributed by atoms with Crippen molar-refractivity contribution in [1.29, 1.82) is 0 Å². The number of carbonyl (C=O) groups excluding carboxylic acids is 1. The molecule has 0 radical (unpaired) electrons. The Bertz CT molecular complexity index is 804. The van der Waals surface area contributed by atoms with Gasteiger partial charge < -0.3 is 9.64 Å². The van der Waals surface area contributed by atoms with Crippen molar-refractivity contribution in [2.45, 2.75) is 44.5 Å². The maximum absolute atomic E-state index is 13.4. The lowest BCUT2D eigenvalue weighted by Gasteiger charge is -2.42. The predicted molar refractivity (Wildman–Crippen MR) is 103 cm³/mol. The van der Waals surface area contributed by atoms with Gasteiger partial charge in [0.1, 0.15) is 0 Å². The normalized spacial score (nSPS) is 25.8. The Morgan fingerprint density at radius 2 is 2.00 bits per heavy atom. The molecule has 2 fully saturated rings. The van der Waals surface area contributed by atoms with E-state index >= 15 is 0 Å². The zero-order valence-corrected chi connectivity index (χ0v) is 16.3. The van der Waals surface area contributed by atoms with E-state index in [4.69, 9.17) is 4.74 Å². The van der Waals surface area contributed by atoms with E-state index in [1.54, 1.807) is 7.11 Å². The Morgan fingerprint density at radius 1 is 1.22 bits per heavy atom. The summed E-state index contributed by atoms with van der Waals surface area (Å²) in [4.78, 5) is 17.8. The molecule has 0 saturated carbocycles. The maximum Gasteiger partial charge on any atom is 0.240 e. The van der Waals surface area contributed by atoms with Gasteiger partial charge in [-0.3, -0.25) is 14.4 Å². The second-order valence-electron chi connectivity index (χ2n) is 7.77. The summed E-state index contributed by atoms with van der Waals surface area (Å²) in [6, 6.07) is 12.5. The van der Waals surface area contributed by atoms with Gasteiger partial charge in [-0.1, -0.05) is 30.3 Å². The van der Waals surface area contributed by atoms with E-state index < -0.39 is 0 Å². The fraction of sp³-hybridized carbons (Fsp3) is 0.524. The lowest BCUT2D eigenvalue weighted by atomic mass is 9.98. The van der Waals surface area contributed by atoms with E-state index in [1.165, 1.54) is 5.56 Å². The molecule has 2 aromatic rings. The minimum absolute atomic E-state index is 0.144. The maximum atomic E-state index is 13.4. The average molecular weight is 368 g/mol. The van der Waals surface area contributed by atoms with Gasteiger partial charge in [0.15, 0.2) is 0 Å². The van der Waals surface area contributed by atoms with Crippen LogP contribution in [0.25, 0.3) is 0 Å². The van der Waals surface area contributed by atoms with Crippen molar-refractivity contribution in [1.82, 2.24) is 19.6 Å². The van der Waals surface area contributed by atoms with Crippen molar-refractivity contribution in [2.75, 3.05) is 20.2 Å². The lowest BCUT2D eigenvalue weighted by molar-refractivity contribution is -0.144. The summed E-state index contributed by atoms with van der Waals surface area (Å²) in [6.45, 7) is 4.34. The molecular weight excluding hydrogens is 340 g/mol. The highest BCUT2D eigenvalue weighted by molar-refractivity contribution is 5.83. The van der Waals surface area contributed by atoms with E-state index in [1.807, 2.05) is 41.8 Å². The van der Waals surface area contributed by atoms with Gasteiger partial charge >= 0.3 is 0 Å². The van der Waals surface area contributed by atoms with Crippen LogP contribution in [0.15, 0.2) is 36.4 Å². The van der Waals surface area contributed by atoms with Crippen LogP contribution in [0.2, 0.25) is 0 Å². The number of rotatable bonds is 5. The number of carbonyl (C=O) groups is 1. The molecule has 0 N–H and O–H groups in total. The zero-order valence-electron chi connectivity index (χ0n) is 16.3. The molecule has 27 heavy (non-hydrogen) atoms. The van der Waals surface area contributed by atoms with Crippen molar-refractivity contribution >= 4 is 5.91 Å². The number of piperazine rings is 1. The van der Waals surface area contributed by atoms with Crippen molar-refractivity contribution in [3.63, 3.8) is 0 Å². The SMILES string of the molecule is CO[C@H]1C[C@H]2CN(Cc3cc(C)nn3C)[C@@H](Cc3ccccc3)C(=O)N2C1. The summed E-state index contributed by atoms with van der Waals surface area (Å²) in [5, 5.41) is 4.47. The molecule has 1 aromatic heterocycles. The third-order valence-corrected chi connectivity index (χ3v) is 5.90. The number of methoxy groups -OCH3 is 1. The highest BCUT2D eigenvalue weighted by Crippen LogP contribution is 2.29. The van der Waals surface area contributed by atoms with Gasteiger partial charge in [-0.15, -0.1) is 0 Å². The fourth-order valence-corrected chi connectivity index (χ4v) is 4.48. The molecule has 3 atom stereocenters. The van der Waals surface area contributed by atoms with Crippen molar-refractivity contribution < 1.29 is 9.53 Å². The molecular formula is C21H28N4O2. The molecule has 2 aliphatic heterocycles. The number of hydrogen-bond donors (Lipinski definition) is 0. The Hall–Kier alpha value is -2.18. The topological polar surface area (TPSA) is 50.6 Å². The molecule has 0 bridgehead atoms. The standard InChI is InChI=1S/C21H28N4O2/c1-15-9-17(23(2)22-15)12-24-13-18-11-19(27-3)14-25(18)21(26)20(24)10-16-7-5-4-6-8-16/h4-9,18-20H,10-14H2,1-3H3/t18-,19-,20-/m0/s1. The highest BCUT2D eigenvalue weighted by Gasteiger charge is 2.45. The molecule has 144 valence electrons. The van der Waals surface area contributed by atoms with Gasteiger partial charge in [-0.2, -0.15) is 5.10 Å².